The first kappa shape index (κ1) is 18.5. The van der Waals surface area contributed by atoms with E-state index in [-0.39, 0.29) is 18.4 Å². The summed E-state index contributed by atoms with van der Waals surface area (Å²) < 4.78 is 0. The molecule has 0 radical (unpaired) electrons. The molecule has 0 saturated carbocycles. The van der Waals surface area contributed by atoms with Crippen molar-refractivity contribution >= 4 is 29.1 Å². The highest BCUT2D eigenvalue weighted by molar-refractivity contribution is 6.31. The number of nitrogens with zero attached hydrogens (tertiary/aromatic N) is 2. The van der Waals surface area contributed by atoms with Crippen LogP contribution in [0.2, 0.25) is 5.02 Å². The van der Waals surface area contributed by atoms with E-state index < -0.39 is 0 Å². The fourth-order valence-corrected chi connectivity index (χ4v) is 2.45. The van der Waals surface area contributed by atoms with Crippen LogP contribution in [0.1, 0.15) is 39.2 Å². The van der Waals surface area contributed by atoms with Crippen LogP contribution in [0.25, 0.3) is 0 Å². The molecular weight excluding hydrogens is 300 g/mol. The molecule has 0 bridgehead atoms. The third-order valence-electron chi connectivity index (χ3n) is 3.48. The number of carbonyl (C=O) groups excluding carboxylic acids is 2. The van der Waals surface area contributed by atoms with Gasteiger partial charge in [-0.15, -0.1) is 0 Å². The van der Waals surface area contributed by atoms with Gasteiger partial charge in [0, 0.05) is 30.7 Å². The highest BCUT2D eigenvalue weighted by Gasteiger charge is 2.20. The van der Waals surface area contributed by atoms with Crippen molar-refractivity contribution in [2.45, 2.75) is 40.5 Å². The van der Waals surface area contributed by atoms with Crippen LogP contribution in [0.5, 0.6) is 0 Å². The molecule has 1 rings (SSSR count). The molecule has 0 aliphatic rings. The molecular formula is C17H25ClN2O2. The highest BCUT2D eigenvalue weighted by Crippen LogP contribution is 2.23. The maximum Gasteiger partial charge on any atom is 0.242 e. The largest absolute Gasteiger partial charge is 0.341 e. The summed E-state index contributed by atoms with van der Waals surface area (Å²) in [5, 5.41) is 0.593. The Kier molecular flexibility index (Phi) is 7.39. The van der Waals surface area contributed by atoms with Gasteiger partial charge in [-0.25, -0.2) is 0 Å². The van der Waals surface area contributed by atoms with Crippen molar-refractivity contribution in [2.24, 2.45) is 0 Å². The molecule has 5 heteroatoms. The summed E-state index contributed by atoms with van der Waals surface area (Å²) in [5.41, 5.74) is 1.60. The van der Waals surface area contributed by atoms with Gasteiger partial charge in [-0.2, -0.15) is 0 Å². The molecule has 4 nitrogen and oxygen atoms in total. The number of amides is 2. The Bertz CT molecular complexity index is 525. The van der Waals surface area contributed by atoms with E-state index in [9.17, 15) is 9.59 Å². The van der Waals surface area contributed by atoms with Crippen molar-refractivity contribution in [1.82, 2.24) is 4.90 Å². The van der Waals surface area contributed by atoms with Crippen LogP contribution in [0.15, 0.2) is 18.2 Å². The number of hydrogen-bond donors (Lipinski definition) is 0. The number of aryl methyl sites for hydroxylation is 1. The minimum atomic E-state index is -0.166. The van der Waals surface area contributed by atoms with E-state index in [4.69, 9.17) is 11.6 Å². The minimum Gasteiger partial charge on any atom is -0.341 e. The first-order valence-corrected chi connectivity index (χ1v) is 8.10. The number of rotatable bonds is 7. The Hall–Kier alpha value is -1.55. The van der Waals surface area contributed by atoms with Gasteiger partial charge in [0.2, 0.25) is 11.8 Å². The summed E-state index contributed by atoms with van der Waals surface area (Å²) in [6.45, 7) is 8.93. The average Bonchev–Trinajstić information content (AvgIpc) is 2.47. The average molecular weight is 325 g/mol. The maximum atomic E-state index is 12.5. The van der Waals surface area contributed by atoms with E-state index in [0.29, 0.717) is 23.8 Å². The smallest absolute Gasteiger partial charge is 0.242 e. The molecule has 0 aliphatic heterocycles. The van der Waals surface area contributed by atoms with Crippen LogP contribution in [-0.2, 0) is 9.59 Å². The zero-order valence-electron chi connectivity index (χ0n) is 13.9. The Balaban J connectivity index is 2.93. The van der Waals surface area contributed by atoms with Crippen LogP contribution in [0.3, 0.4) is 0 Å². The Morgan fingerprint density at radius 2 is 1.73 bits per heavy atom. The second-order valence-corrected chi connectivity index (χ2v) is 5.83. The lowest BCUT2D eigenvalue weighted by Crippen LogP contribution is -2.43. The van der Waals surface area contributed by atoms with Crippen molar-refractivity contribution in [1.29, 1.82) is 0 Å². The van der Waals surface area contributed by atoms with Crippen LogP contribution >= 0.6 is 11.6 Å². The summed E-state index contributed by atoms with van der Waals surface area (Å²) >= 11 is 6.13. The van der Waals surface area contributed by atoms with Gasteiger partial charge < -0.3 is 9.80 Å². The summed E-state index contributed by atoms with van der Waals surface area (Å²) in [6.07, 6.45) is 1.81. The van der Waals surface area contributed by atoms with Crippen LogP contribution in [0.4, 0.5) is 5.69 Å². The van der Waals surface area contributed by atoms with Crippen LogP contribution in [-0.4, -0.2) is 36.3 Å². The molecule has 0 aromatic heterocycles. The van der Waals surface area contributed by atoms with Gasteiger partial charge in [-0.1, -0.05) is 31.5 Å². The number of hydrogen-bond acceptors (Lipinski definition) is 2. The lowest BCUT2D eigenvalue weighted by atomic mass is 10.2. The van der Waals surface area contributed by atoms with Gasteiger partial charge in [0.15, 0.2) is 0 Å². The van der Waals surface area contributed by atoms with Gasteiger partial charge >= 0.3 is 0 Å². The summed E-state index contributed by atoms with van der Waals surface area (Å²) in [4.78, 5) is 27.7. The second-order valence-electron chi connectivity index (χ2n) is 5.42. The molecule has 0 unspecified atom stereocenters. The predicted octanol–water partition coefficient (Wildman–Crippen LogP) is 3.65. The number of anilines is 1. The molecule has 0 spiro atoms. The zero-order valence-corrected chi connectivity index (χ0v) is 14.6. The zero-order chi connectivity index (χ0) is 16.7. The molecule has 0 heterocycles. The van der Waals surface area contributed by atoms with E-state index >= 15 is 0 Å². The lowest BCUT2D eigenvalue weighted by Gasteiger charge is -2.27. The SMILES string of the molecule is CCCN(CCC)C(=O)CN(C(C)=O)c1ccc(C)c(Cl)c1. The molecule has 0 N–H and O–H groups in total. The fraction of sp³-hybridized carbons (Fsp3) is 0.529. The van der Waals surface area contributed by atoms with Crippen LogP contribution in [0, 0.1) is 6.92 Å². The standard InChI is InChI=1S/C17H25ClN2O2/c1-5-9-19(10-6-2)17(22)12-20(14(4)21)15-8-7-13(3)16(18)11-15/h7-8,11H,5-6,9-10,12H2,1-4H3. The van der Waals surface area contributed by atoms with E-state index in [1.54, 1.807) is 6.07 Å². The maximum absolute atomic E-state index is 12.5. The first-order valence-electron chi connectivity index (χ1n) is 7.72. The normalized spacial score (nSPS) is 10.4. The molecule has 0 fully saturated rings. The molecule has 22 heavy (non-hydrogen) atoms. The molecule has 0 saturated heterocycles. The topological polar surface area (TPSA) is 40.6 Å². The molecule has 0 atom stereocenters. The molecule has 0 aliphatic carbocycles. The van der Waals surface area contributed by atoms with Crippen molar-refractivity contribution < 1.29 is 9.59 Å². The first-order chi connectivity index (χ1) is 10.4. The van der Waals surface area contributed by atoms with E-state index in [1.807, 2.05) is 37.8 Å². The number of halogens is 1. The minimum absolute atomic E-state index is 0.0319. The monoisotopic (exact) mass is 324 g/mol. The van der Waals surface area contributed by atoms with E-state index in [1.165, 1.54) is 11.8 Å². The number of carbonyl (C=O) groups is 2. The second kappa shape index (κ2) is 8.79. The van der Waals surface area contributed by atoms with Gasteiger partial charge in [0.05, 0.1) is 0 Å². The van der Waals surface area contributed by atoms with E-state index in [0.717, 1.165) is 18.4 Å². The predicted molar refractivity (Wildman–Crippen MR) is 91.4 cm³/mol. The molecule has 2 amide bonds. The van der Waals surface area contributed by atoms with Crippen molar-refractivity contribution in [3.8, 4) is 0 Å². The third kappa shape index (κ3) is 5.02. The summed E-state index contributed by atoms with van der Waals surface area (Å²) in [6, 6.07) is 5.41. The van der Waals surface area contributed by atoms with Gasteiger partial charge in [0.25, 0.3) is 0 Å². The Morgan fingerprint density at radius 3 is 2.18 bits per heavy atom. The summed E-state index contributed by atoms with van der Waals surface area (Å²) in [7, 11) is 0. The van der Waals surface area contributed by atoms with Crippen molar-refractivity contribution in [3.63, 3.8) is 0 Å². The fourth-order valence-electron chi connectivity index (χ4n) is 2.27. The Morgan fingerprint density at radius 1 is 1.14 bits per heavy atom. The molecule has 1 aromatic rings. The van der Waals surface area contributed by atoms with Crippen LogP contribution < -0.4 is 4.90 Å². The molecule has 122 valence electrons. The Labute approximate surface area is 138 Å². The van der Waals surface area contributed by atoms with Crippen molar-refractivity contribution in [2.75, 3.05) is 24.5 Å². The van der Waals surface area contributed by atoms with Gasteiger partial charge in [-0.3, -0.25) is 9.59 Å². The van der Waals surface area contributed by atoms with Gasteiger partial charge in [0.1, 0.15) is 6.54 Å². The summed E-state index contributed by atoms with van der Waals surface area (Å²) in [5.74, 6) is -0.197. The van der Waals surface area contributed by atoms with E-state index in [2.05, 4.69) is 0 Å². The lowest BCUT2D eigenvalue weighted by molar-refractivity contribution is -0.131. The third-order valence-corrected chi connectivity index (χ3v) is 3.89. The highest BCUT2D eigenvalue weighted by atomic mass is 35.5. The van der Waals surface area contributed by atoms with Crippen molar-refractivity contribution in [3.05, 3.63) is 28.8 Å². The number of benzene rings is 1. The van der Waals surface area contributed by atoms with Gasteiger partial charge in [-0.05, 0) is 37.5 Å². The molecule has 1 aromatic carbocycles. The quantitative estimate of drug-likeness (QED) is 0.768.